The van der Waals surface area contributed by atoms with Gasteiger partial charge in [-0.3, -0.25) is 0 Å². The molecule has 1 rings (SSSR count). The SMILES string of the molecule is CC(C)(N)COc1cccc(N)c1C#N. The normalized spacial score (nSPS) is 10.8. The van der Waals surface area contributed by atoms with Gasteiger partial charge in [-0.15, -0.1) is 0 Å². The zero-order valence-corrected chi connectivity index (χ0v) is 8.95. The first-order chi connectivity index (χ1) is 6.94. The highest BCUT2D eigenvalue weighted by molar-refractivity contribution is 5.60. The van der Waals surface area contributed by atoms with Crippen molar-refractivity contribution in [2.45, 2.75) is 19.4 Å². The Bertz CT molecular complexity index is 388. The molecule has 4 N–H and O–H groups in total. The molecular formula is C11H15N3O. The molecule has 80 valence electrons. The number of nitrogen functional groups attached to an aromatic ring is 1. The molecule has 0 atom stereocenters. The van der Waals surface area contributed by atoms with Gasteiger partial charge in [0, 0.05) is 5.54 Å². The molecule has 0 amide bonds. The fourth-order valence-electron chi connectivity index (χ4n) is 1.05. The number of ether oxygens (including phenoxy) is 1. The van der Waals surface area contributed by atoms with Crippen molar-refractivity contribution in [2.24, 2.45) is 5.73 Å². The lowest BCUT2D eigenvalue weighted by Crippen LogP contribution is -2.38. The largest absolute Gasteiger partial charge is 0.490 e. The second-order valence-electron chi connectivity index (χ2n) is 4.11. The standard InChI is InChI=1S/C11H15N3O/c1-11(2,14)7-15-10-5-3-4-9(13)8(10)6-12/h3-5H,7,13-14H2,1-2H3. The predicted molar refractivity (Wildman–Crippen MR) is 59.3 cm³/mol. The number of rotatable bonds is 3. The van der Waals surface area contributed by atoms with Gasteiger partial charge in [-0.2, -0.15) is 5.26 Å². The van der Waals surface area contributed by atoms with Gasteiger partial charge >= 0.3 is 0 Å². The Morgan fingerprint density at radius 2 is 2.13 bits per heavy atom. The Hall–Kier alpha value is -1.73. The van der Waals surface area contributed by atoms with Crippen LogP contribution in [-0.2, 0) is 0 Å². The van der Waals surface area contributed by atoms with Crippen molar-refractivity contribution >= 4 is 5.69 Å². The van der Waals surface area contributed by atoms with Crippen LogP contribution in [0.15, 0.2) is 18.2 Å². The first-order valence-corrected chi connectivity index (χ1v) is 4.64. The van der Waals surface area contributed by atoms with Crippen LogP contribution >= 0.6 is 0 Å². The van der Waals surface area contributed by atoms with Crippen LogP contribution in [0.3, 0.4) is 0 Å². The molecule has 0 heterocycles. The molecule has 15 heavy (non-hydrogen) atoms. The molecule has 1 aromatic rings. The van der Waals surface area contributed by atoms with Crippen molar-refractivity contribution in [1.29, 1.82) is 5.26 Å². The van der Waals surface area contributed by atoms with E-state index < -0.39 is 5.54 Å². The maximum absolute atomic E-state index is 8.89. The number of nitriles is 1. The molecule has 0 aliphatic rings. The Labute approximate surface area is 89.4 Å². The highest BCUT2D eigenvalue weighted by atomic mass is 16.5. The molecule has 4 heteroatoms. The summed E-state index contributed by atoms with van der Waals surface area (Å²) >= 11 is 0. The maximum atomic E-state index is 8.89. The van der Waals surface area contributed by atoms with E-state index in [1.807, 2.05) is 19.9 Å². The van der Waals surface area contributed by atoms with Crippen molar-refractivity contribution in [3.8, 4) is 11.8 Å². The average Bonchev–Trinajstić information content (AvgIpc) is 2.13. The Morgan fingerprint density at radius 3 is 2.67 bits per heavy atom. The van der Waals surface area contributed by atoms with Crippen LogP contribution in [0.2, 0.25) is 0 Å². The summed E-state index contributed by atoms with van der Waals surface area (Å²) in [5.41, 5.74) is 11.8. The minimum Gasteiger partial charge on any atom is -0.490 e. The van der Waals surface area contributed by atoms with Crippen molar-refractivity contribution in [3.63, 3.8) is 0 Å². The van der Waals surface area contributed by atoms with E-state index in [4.69, 9.17) is 21.5 Å². The minimum atomic E-state index is -0.433. The Balaban J connectivity index is 2.87. The van der Waals surface area contributed by atoms with E-state index in [2.05, 4.69) is 0 Å². The zero-order valence-electron chi connectivity index (χ0n) is 8.95. The third-order valence-electron chi connectivity index (χ3n) is 1.77. The fraction of sp³-hybridized carbons (Fsp3) is 0.364. The molecule has 0 fully saturated rings. The highest BCUT2D eigenvalue weighted by Gasteiger charge is 2.13. The van der Waals surface area contributed by atoms with Gasteiger partial charge in [-0.25, -0.2) is 0 Å². The van der Waals surface area contributed by atoms with Crippen LogP contribution in [0, 0.1) is 11.3 Å². The molecule has 0 radical (unpaired) electrons. The summed E-state index contributed by atoms with van der Waals surface area (Å²) < 4.78 is 5.45. The lowest BCUT2D eigenvalue weighted by atomic mass is 10.1. The topological polar surface area (TPSA) is 85.1 Å². The second kappa shape index (κ2) is 4.20. The van der Waals surface area contributed by atoms with Gasteiger partial charge in [0.15, 0.2) is 0 Å². The number of hydrogen-bond acceptors (Lipinski definition) is 4. The molecule has 0 aliphatic heterocycles. The summed E-state index contributed by atoms with van der Waals surface area (Å²) in [5, 5.41) is 8.89. The molecular weight excluding hydrogens is 190 g/mol. The summed E-state index contributed by atoms with van der Waals surface area (Å²) in [5.74, 6) is 0.482. The van der Waals surface area contributed by atoms with Crippen LogP contribution in [0.1, 0.15) is 19.4 Å². The van der Waals surface area contributed by atoms with E-state index in [9.17, 15) is 0 Å². The number of hydrogen-bond donors (Lipinski definition) is 2. The first-order valence-electron chi connectivity index (χ1n) is 4.64. The molecule has 0 spiro atoms. The van der Waals surface area contributed by atoms with E-state index in [0.29, 0.717) is 23.6 Å². The van der Waals surface area contributed by atoms with Crippen molar-refractivity contribution in [2.75, 3.05) is 12.3 Å². The van der Waals surface area contributed by atoms with Crippen LogP contribution in [0.25, 0.3) is 0 Å². The third kappa shape index (κ3) is 3.15. The maximum Gasteiger partial charge on any atom is 0.139 e. The van der Waals surface area contributed by atoms with Crippen molar-refractivity contribution in [1.82, 2.24) is 0 Å². The lowest BCUT2D eigenvalue weighted by Gasteiger charge is -2.19. The summed E-state index contributed by atoms with van der Waals surface area (Å²) in [6, 6.07) is 7.13. The Kier molecular flexibility index (Phi) is 3.17. The summed E-state index contributed by atoms with van der Waals surface area (Å²) in [6.07, 6.45) is 0. The molecule has 0 saturated carbocycles. The smallest absolute Gasteiger partial charge is 0.139 e. The summed E-state index contributed by atoms with van der Waals surface area (Å²) in [4.78, 5) is 0. The van der Waals surface area contributed by atoms with E-state index >= 15 is 0 Å². The molecule has 0 aliphatic carbocycles. The lowest BCUT2D eigenvalue weighted by molar-refractivity contribution is 0.243. The summed E-state index contributed by atoms with van der Waals surface area (Å²) in [7, 11) is 0. The molecule has 4 nitrogen and oxygen atoms in total. The van der Waals surface area contributed by atoms with Crippen molar-refractivity contribution in [3.05, 3.63) is 23.8 Å². The Morgan fingerprint density at radius 1 is 1.47 bits per heavy atom. The van der Waals surface area contributed by atoms with Crippen LogP contribution < -0.4 is 16.2 Å². The van der Waals surface area contributed by atoms with Crippen LogP contribution in [-0.4, -0.2) is 12.1 Å². The average molecular weight is 205 g/mol. The monoisotopic (exact) mass is 205 g/mol. The number of nitrogens with zero attached hydrogens (tertiary/aromatic N) is 1. The van der Waals surface area contributed by atoms with Gasteiger partial charge in [-0.05, 0) is 26.0 Å². The van der Waals surface area contributed by atoms with E-state index in [1.165, 1.54) is 0 Å². The molecule has 0 aromatic heterocycles. The summed E-state index contributed by atoms with van der Waals surface area (Å²) in [6.45, 7) is 4.04. The molecule has 1 aromatic carbocycles. The van der Waals surface area contributed by atoms with Crippen molar-refractivity contribution < 1.29 is 4.74 Å². The van der Waals surface area contributed by atoms with Gasteiger partial charge in [0.25, 0.3) is 0 Å². The highest BCUT2D eigenvalue weighted by Crippen LogP contribution is 2.23. The van der Waals surface area contributed by atoms with E-state index in [-0.39, 0.29) is 0 Å². The fourth-order valence-corrected chi connectivity index (χ4v) is 1.05. The first kappa shape index (κ1) is 11.3. The molecule has 0 saturated heterocycles. The van der Waals surface area contributed by atoms with Crippen LogP contribution in [0.4, 0.5) is 5.69 Å². The van der Waals surface area contributed by atoms with Gasteiger partial charge in [0.1, 0.15) is 24.0 Å². The predicted octanol–water partition coefficient (Wildman–Crippen LogP) is 1.26. The zero-order chi connectivity index (χ0) is 11.5. The number of benzene rings is 1. The number of anilines is 1. The molecule has 0 bridgehead atoms. The van der Waals surface area contributed by atoms with Gasteiger partial charge in [-0.1, -0.05) is 6.07 Å². The third-order valence-corrected chi connectivity index (χ3v) is 1.77. The minimum absolute atomic E-state index is 0.338. The van der Waals surface area contributed by atoms with Gasteiger partial charge in [0.2, 0.25) is 0 Å². The number of nitrogens with two attached hydrogens (primary N) is 2. The van der Waals surface area contributed by atoms with Crippen LogP contribution in [0.5, 0.6) is 5.75 Å². The molecule has 0 unspecified atom stereocenters. The second-order valence-corrected chi connectivity index (χ2v) is 4.11. The van der Waals surface area contributed by atoms with E-state index in [0.717, 1.165) is 0 Å². The van der Waals surface area contributed by atoms with E-state index in [1.54, 1.807) is 18.2 Å². The van der Waals surface area contributed by atoms with Gasteiger partial charge < -0.3 is 16.2 Å². The van der Waals surface area contributed by atoms with Gasteiger partial charge in [0.05, 0.1) is 5.69 Å². The quantitative estimate of drug-likeness (QED) is 0.727.